The number of hydrogen-bond acceptors (Lipinski definition) is 5. The Morgan fingerprint density at radius 1 is 1.03 bits per heavy atom. The molecular formula is C16H7Cl2F6NO5. The minimum Gasteiger partial charge on any atom is -0.454 e. The van der Waals surface area contributed by atoms with Gasteiger partial charge in [-0.15, -0.1) is 0 Å². The smallest absolute Gasteiger partial charge is 0.422 e. The second-order valence-electron chi connectivity index (χ2n) is 5.50. The first-order valence-electron chi connectivity index (χ1n) is 7.45. The zero-order chi connectivity index (χ0) is 22.9. The minimum atomic E-state index is -4.88. The SMILES string of the molecule is O=C(OCC(F)(F)F)c1cc(Oc2c(Cl)cc(C(F)(F)F)cc2Cl)ccc1[N+](=O)[O-]. The van der Waals surface area contributed by atoms with Gasteiger partial charge in [0, 0.05) is 12.1 Å². The number of ether oxygens (including phenoxy) is 2. The molecule has 0 saturated carbocycles. The summed E-state index contributed by atoms with van der Waals surface area (Å²) in [7, 11) is 0. The zero-order valence-electron chi connectivity index (χ0n) is 14.1. The normalized spacial score (nSPS) is 11.9. The number of hydrogen-bond donors (Lipinski definition) is 0. The van der Waals surface area contributed by atoms with Gasteiger partial charge in [0.05, 0.1) is 20.5 Å². The molecule has 2 aromatic rings. The number of nitro benzene ring substituents is 1. The van der Waals surface area contributed by atoms with Gasteiger partial charge >= 0.3 is 18.3 Å². The summed E-state index contributed by atoms with van der Waals surface area (Å²) in [5, 5.41) is 9.87. The highest BCUT2D eigenvalue weighted by Crippen LogP contribution is 2.42. The predicted molar refractivity (Wildman–Crippen MR) is 91.0 cm³/mol. The molecule has 0 aliphatic carbocycles. The van der Waals surface area contributed by atoms with Crippen LogP contribution in [0.2, 0.25) is 10.0 Å². The van der Waals surface area contributed by atoms with Gasteiger partial charge in [-0.2, -0.15) is 26.3 Å². The standard InChI is InChI=1S/C16H7Cl2F6NO5/c17-10-3-7(16(22,23)24)4-11(18)13(10)30-8-1-2-12(25(27)28)9(5-8)14(26)29-6-15(19,20)21/h1-5H,6H2. The van der Waals surface area contributed by atoms with Crippen LogP contribution in [-0.4, -0.2) is 23.7 Å². The molecular weight excluding hydrogens is 471 g/mol. The van der Waals surface area contributed by atoms with Crippen LogP contribution in [0, 0.1) is 10.1 Å². The predicted octanol–water partition coefficient (Wildman–Crippen LogP) is 6.43. The van der Waals surface area contributed by atoms with Crippen LogP contribution in [0.4, 0.5) is 32.0 Å². The molecule has 2 rings (SSSR count). The van der Waals surface area contributed by atoms with E-state index in [-0.39, 0.29) is 5.75 Å². The summed E-state index contributed by atoms with van der Waals surface area (Å²) in [6, 6.07) is 3.34. The van der Waals surface area contributed by atoms with Gasteiger partial charge in [0.2, 0.25) is 0 Å². The molecule has 0 amide bonds. The first-order valence-corrected chi connectivity index (χ1v) is 8.21. The Bertz CT molecular complexity index is 970. The monoisotopic (exact) mass is 477 g/mol. The Balaban J connectivity index is 2.40. The number of carbonyl (C=O) groups is 1. The molecule has 0 bridgehead atoms. The van der Waals surface area contributed by atoms with Crippen molar-refractivity contribution < 1.29 is 45.5 Å². The van der Waals surface area contributed by atoms with Crippen LogP contribution >= 0.6 is 23.2 Å². The first kappa shape index (κ1) is 23.5. The maximum atomic E-state index is 12.8. The lowest BCUT2D eigenvalue weighted by Crippen LogP contribution is -2.20. The molecule has 30 heavy (non-hydrogen) atoms. The summed E-state index contributed by atoms with van der Waals surface area (Å²) in [6.07, 6.45) is -9.63. The van der Waals surface area contributed by atoms with E-state index >= 15 is 0 Å². The van der Waals surface area contributed by atoms with Gasteiger partial charge in [-0.05, 0) is 18.2 Å². The number of rotatable bonds is 5. The highest BCUT2D eigenvalue weighted by molar-refractivity contribution is 6.37. The van der Waals surface area contributed by atoms with Gasteiger partial charge < -0.3 is 9.47 Å². The third-order valence-corrected chi connectivity index (χ3v) is 3.86. The highest BCUT2D eigenvalue weighted by Gasteiger charge is 2.33. The molecule has 0 spiro atoms. The van der Waals surface area contributed by atoms with Gasteiger partial charge in [-0.25, -0.2) is 4.79 Å². The average molecular weight is 478 g/mol. The second-order valence-corrected chi connectivity index (χ2v) is 6.31. The molecule has 0 aliphatic heterocycles. The van der Waals surface area contributed by atoms with Crippen LogP contribution in [0.15, 0.2) is 30.3 Å². The van der Waals surface area contributed by atoms with Crippen molar-refractivity contribution in [1.29, 1.82) is 0 Å². The Kier molecular flexibility index (Phi) is 6.72. The van der Waals surface area contributed by atoms with Crippen LogP contribution < -0.4 is 4.74 Å². The number of esters is 1. The van der Waals surface area contributed by atoms with Crippen molar-refractivity contribution in [1.82, 2.24) is 0 Å². The molecule has 0 aliphatic rings. The summed E-state index contributed by atoms with van der Waals surface area (Å²) >= 11 is 11.5. The van der Waals surface area contributed by atoms with Crippen LogP contribution in [-0.2, 0) is 10.9 Å². The molecule has 162 valence electrons. The van der Waals surface area contributed by atoms with Crippen molar-refractivity contribution in [3.63, 3.8) is 0 Å². The lowest BCUT2D eigenvalue weighted by Gasteiger charge is -2.14. The number of nitrogens with zero attached hydrogens (tertiary/aromatic N) is 1. The van der Waals surface area contributed by atoms with E-state index in [4.69, 9.17) is 27.9 Å². The Morgan fingerprint density at radius 2 is 1.60 bits per heavy atom. The summed E-state index contributed by atoms with van der Waals surface area (Å²) in [6.45, 7) is -2.00. The largest absolute Gasteiger partial charge is 0.454 e. The fourth-order valence-electron chi connectivity index (χ4n) is 2.07. The topological polar surface area (TPSA) is 78.7 Å². The molecule has 0 unspecified atom stereocenters. The van der Waals surface area contributed by atoms with Crippen LogP contribution in [0.3, 0.4) is 0 Å². The summed E-state index contributed by atoms with van der Waals surface area (Å²) in [5.41, 5.74) is -2.95. The molecule has 0 aromatic heterocycles. The molecule has 0 saturated heterocycles. The lowest BCUT2D eigenvalue weighted by molar-refractivity contribution is -0.385. The van der Waals surface area contributed by atoms with Crippen LogP contribution in [0.1, 0.15) is 15.9 Å². The Hall–Kier alpha value is -2.73. The molecule has 0 N–H and O–H groups in total. The van der Waals surface area contributed by atoms with Crippen molar-refractivity contribution in [3.05, 3.63) is 61.6 Å². The Labute approximate surface area is 173 Å². The van der Waals surface area contributed by atoms with Gasteiger partial charge in [0.15, 0.2) is 12.4 Å². The van der Waals surface area contributed by atoms with Crippen LogP contribution in [0.5, 0.6) is 11.5 Å². The fourth-order valence-corrected chi connectivity index (χ4v) is 2.63. The first-order chi connectivity index (χ1) is 13.7. The van der Waals surface area contributed by atoms with E-state index in [1.54, 1.807) is 0 Å². The van der Waals surface area contributed by atoms with Crippen LogP contribution in [0.25, 0.3) is 0 Å². The lowest BCUT2D eigenvalue weighted by atomic mass is 10.1. The summed E-state index contributed by atoms with van der Waals surface area (Å²) in [5.74, 6) is -2.54. The number of carbonyl (C=O) groups excluding carboxylic acids is 1. The zero-order valence-corrected chi connectivity index (χ0v) is 15.6. The maximum absolute atomic E-state index is 12.8. The Morgan fingerprint density at radius 3 is 2.07 bits per heavy atom. The quantitative estimate of drug-likeness (QED) is 0.214. The third kappa shape index (κ3) is 5.89. The fraction of sp³-hybridized carbons (Fsp3) is 0.188. The molecule has 0 heterocycles. The number of alkyl halides is 6. The molecule has 6 nitrogen and oxygen atoms in total. The summed E-state index contributed by atoms with van der Waals surface area (Å²) in [4.78, 5) is 21.8. The van der Waals surface area contributed by atoms with E-state index in [2.05, 4.69) is 4.74 Å². The van der Waals surface area contributed by atoms with E-state index in [9.17, 15) is 41.3 Å². The van der Waals surface area contributed by atoms with Crippen molar-refractivity contribution in [2.75, 3.05) is 6.61 Å². The van der Waals surface area contributed by atoms with Crippen molar-refractivity contribution >= 4 is 34.9 Å². The average Bonchev–Trinajstić information content (AvgIpc) is 2.60. The summed E-state index contributed by atoms with van der Waals surface area (Å²) < 4.78 is 84.2. The highest BCUT2D eigenvalue weighted by atomic mass is 35.5. The third-order valence-electron chi connectivity index (χ3n) is 3.30. The molecule has 0 radical (unpaired) electrons. The van der Waals surface area contributed by atoms with E-state index in [1.165, 1.54) is 0 Å². The van der Waals surface area contributed by atoms with E-state index < -0.39 is 62.5 Å². The van der Waals surface area contributed by atoms with Gasteiger partial charge in [-0.3, -0.25) is 10.1 Å². The number of nitro groups is 1. The number of halogens is 8. The minimum absolute atomic E-state index is 0.386. The van der Waals surface area contributed by atoms with Gasteiger partial charge in [0.1, 0.15) is 11.3 Å². The van der Waals surface area contributed by atoms with E-state index in [0.29, 0.717) is 18.2 Å². The molecule has 0 atom stereocenters. The van der Waals surface area contributed by atoms with E-state index in [1.807, 2.05) is 0 Å². The number of benzene rings is 2. The van der Waals surface area contributed by atoms with Gasteiger partial charge in [0.25, 0.3) is 5.69 Å². The molecule has 0 fully saturated rings. The van der Waals surface area contributed by atoms with Crippen molar-refractivity contribution in [3.8, 4) is 11.5 Å². The maximum Gasteiger partial charge on any atom is 0.422 e. The van der Waals surface area contributed by atoms with E-state index in [0.717, 1.165) is 12.1 Å². The molecule has 2 aromatic carbocycles. The van der Waals surface area contributed by atoms with Crippen molar-refractivity contribution in [2.24, 2.45) is 0 Å². The van der Waals surface area contributed by atoms with Gasteiger partial charge in [-0.1, -0.05) is 23.2 Å². The van der Waals surface area contributed by atoms with Crippen molar-refractivity contribution in [2.45, 2.75) is 12.4 Å². The molecule has 14 heteroatoms. The second kappa shape index (κ2) is 8.56.